The van der Waals surface area contributed by atoms with Crippen LogP contribution in [0.1, 0.15) is 17.5 Å². The van der Waals surface area contributed by atoms with E-state index in [0.29, 0.717) is 5.82 Å². The Morgan fingerprint density at radius 2 is 2.55 bits per heavy atom. The highest BCUT2D eigenvalue weighted by atomic mass is 32.1. The molecule has 0 saturated heterocycles. The molecule has 0 radical (unpaired) electrons. The van der Waals surface area contributed by atoms with Gasteiger partial charge in [-0.1, -0.05) is 0 Å². The monoisotopic (exact) mass is 166 g/mol. The molecule has 0 aliphatic heterocycles. The molecule has 0 aliphatic carbocycles. The van der Waals surface area contributed by atoms with Gasteiger partial charge in [0.2, 0.25) is 0 Å². The standard InChI is InChI=1S/C7H6N2OS/c1-5(10)7-8-4-6-9(7)2-3-11-6/h2-4H,1H3. The molecule has 2 aromatic rings. The Hall–Kier alpha value is -1.16. The molecule has 0 fully saturated rings. The number of carbonyl (C=O) groups excluding carboxylic acids is 1. The summed E-state index contributed by atoms with van der Waals surface area (Å²) in [7, 11) is 0. The van der Waals surface area contributed by atoms with Crippen molar-refractivity contribution in [1.82, 2.24) is 9.38 Å². The van der Waals surface area contributed by atoms with Crippen LogP contribution < -0.4 is 0 Å². The zero-order valence-electron chi connectivity index (χ0n) is 5.94. The summed E-state index contributed by atoms with van der Waals surface area (Å²) in [6, 6.07) is 0. The first-order chi connectivity index (χ1) is 5.29. The van der Waals surface area contributed by atoms with Gasteiger partial charge in [-0.3, -0.25) is 9.20 Å². The van der Waals surface area contributed by atoms with Gasteiger partial charge in [0.05, 0.1) is 6.20 Å². The lowest BCUT2D eigenvalue weighted by Gasteiger charge is -1.87. The number of imidazole rings is 1. The number of aromatic nitrogens is 2. The number of nitrogens with zero attached hydrogens (tertiary/aromatic N) is 2. The average Bonchev–Trinajstić information content (AvgIpc) is 2.41. The summed E-state index contributed by atoms with van der Waals surface area (Å²) in [6.07, 6.45) is 3.56. The fraction of sp³-hybridized carbons (Fsp3) is 0.143. The van der Waals surface area contributed by atoms with Crippen LogP contribution >= 0.6 is 11.3 Å². The minimum Gasteiger partial charge on any atom is -0.291 e. The topological polar surface area (TPSA) is 34.4 Å². The van der Waals surface area contributed by atoms with Crippen molar-refractivity contribution in [3.05, 3.63) is 23.6 Å². The van der Waals surface area contributed by atoms with Crippen molar-refractivity contribution >= 4 is 22.0 Å². The normalized spacial score (nSPS) is 10.6. The molecule has 11 heavy (non-hydrogen) atoms. The second-order valence-corrected chi connectivity index (χ2v) is 3.18. The molecule has 56 valence electrons. The van der Waals surface area contributed by atoms with E-state index >= 15 is 0 Å². The Bertz CT molecular complexity index is 401. The first kappa shape index (κ1) is 6.54. The first-order valence-electron chi connectivity index (χ1n) is 3.20. The summed E-state index contributed by atoms with van der Waals surface area (Å²) in [6.45, 7) is 1.52. The van der Waals surface area contributed by atoms with E-state index in [4.69, 9.17) is 0 Å². The lowest BCUT2D eigenvalue weighted by molar-refractivity contribution is 0.100. The molecular weight excluding hydrogens is 160 g/mol. The number of fused-ring (bicyclic) bond motifs is 1. The quantitative estimate of drug-likeness (QED) is 0.603. The van der Waals surface area contributed by atoms with Crippen molar-refractivity contribution < 1.29 is 4.79 Å². The lowest BCUT2D eigenvalue weighted by atomic mass is 10.4. The molecule has 0 aromatic carbocycles. The number of rotatable bonds is 1. The van der Waals surface area contributed by atoms with Gasteiger partial charge >= 0.3 is 0 Å². The highest BCUT2D eigenvalue weighted by molar-refractivity contribution is 7.15. The summed E-state index contributed by atoms with van der Waals surface area (Å²) < 4.78 is 1.80. The van der Waals surface area contributed by atoms with E-state index < -0.39 is 0 Å². The van der Waals surface area contributed by atoms with Crippen molar-refractivity contribution in [3.63, 3.8) is 0 Å². The van der Waals surface area contributed by atoms with E-state index in [9.17, 15) is 4.79 Å². The third-order valence-electron chi connectivity index (χ3n) is 1.48. The second kappa shape index (κ2) is 2.17. The maximum absolute atomic E-state index is 10.9. The Labute approximate surface area is 67.3 Å². The largest absolute Gasteiger partial charge is 0.291 e. The smallest absolute Gasteiger partial charge is 0.195 e. The SMILES string of the molecule is CC(=O)c1ncc2sccn12. The Morgan fingerprint density at radius 3 is 3.27 bits per heavy atom. The molecule has 0 saturated carbocycles. The van der Waals surface area contributed by atoms with Gasteiger partial charge in [-0.05, 0) is 0 Å². The lowest BCUT2D eigenvalue weighted by Crippen LogP contribution is -1.97. The number of Topliss-reactive ketones (excluding diaryl/α,β-unsaturated/α-hetero) is 1. The van der Waals surface area contributed by atoms with Crippen LogP contribution in [0.25, 0.3) is 4.83 Å². The summed E-state index contributed by atoms with van der Waals surface area (Å²) in [4.78, 5) is 15.9. The molecule has 0 unspecified atom stereocenters. The number of ketones is 1. The molecule has 0 atom stereocenters. The predicted molar refractivity (Wildman–Crippen MR) is 43.1 cm³/mol. The Morgan fingerprint density at radius 1 is 1.73 bits per heavy atom. The highest BCUT2D eigenvalue weighted by Gasteiger charge is 2.07. The number of carbonyl (C=O) groups is 1. The van der Waals surface area contributed by atoms with Crippen LogP contribution in [0.15, 0.2) is 17.8 Å². The van der Waals surface area contributed by atoms with E-state index in [2.05, 4.69) is 4.98 Å². The van der Waals surface area contributed by atoms with Gasteiger partial charge in [-0.25, -0.2) is 4.98 Å². The fourth-order valence-corrected chi connectivity index (χ4v) is 1.69. The van der Waals surface area contributed by atoms with Crippen LogP contribution in [-0.4, -0.2) is 15.2 Å². The fourth-order valence-electron chi connectivity index (χ4n) is 0.998. The van der Waals surface area contributed by atoms with Crippen LogP contribution in [0.5, 0.6) is 0 Å². The van der Waals surface area contributed by atoms with Crippen LogP contribution in [0.3, 0.4) is 0 Å². The van der Waals surface area contributed by atoms with Gasteiger partial charge in [-0.15, -0.1) is 11.3 Å². The second-order valence-electron chi connectivity index (χ2n) is 2.25. The van der Waals surface area contributed by atoms with Gasteiger partial charge in [0.1, 0.15) is 4.83 Å². The third-order valence-corrected chi connectivity index (χ3v) is 2.28. The van der Waals surface area contributed by atoms with Crippen molar-refractivity contribution in [3.8, 4) is 0 Å². The molecule has 0 N–H and O–H groups in total. The van der Waals surface area contributed by atoms with Crippen LogP contribution in [0.4, 0.5) is 0 Å². The molecule has 2 aromatic heterocycles. The summed E-state index contributed by atoms with van der Waals surface area (Å²) >= 11 is 1.57. The van der Waals surface area contributed by atoms with Crippen LogP contribution in [0, 0.1) is 0 Å². The average molecular weight is 166 g/mol. The third kappa shape index (κ3) is 0.867. The van der Waals surface area contributed by atoms with Crippen LogP contribution in [-0.2, 0) is 0 Å². The van der Waals surface area contributed by atoms with Crippen molar-refractivity contribution in [1.29, 1.82) is 0 Å². The molecule has 0 aliphatic rings. The van der Waals surface area contributed by atoms with Gasteiger partial charge < -0.3 is 0 Å². The molecule has 2 rings (SSSR count). The van der Waals surface area contributed by atoms with E-state index in [1.165, 1.54) is 6.92 Å². The molecule has 0 spiro atoms. The Kier molecular flexibility index (Phi) is 1.29. The van der Waals surface area contributed by atoms with Crippen molar-refractivity contribution in [2.45, 2.75) is 6.92 Å². The van der Waals surface area contributed by atoms with Gasteiger partial charge in [0.15, 0.2) is 11.6 Å². The number of hydrogen-bond donors (Lipinski definition) is 0. The minimum absolute atomic E-state index is 0.00315. The van der Waals surface area contributed by atoms with E-state index in [1.54, 1.807) is 21.9 Å². The van der Waals surface area contributed by atoms with E-state index in [0.717, 1.165) is 4.83 Å². The van der Waals surface area contributed by atoms with E-state index in [-0.39, 0.29) is 5.78 Å². The zero-order chi connectivity index (χ0) is 7.84. The molecule has 0 amide bonds. The maximum atomic E-state index is 10.9. The summed E-state index contributed by atoms with van der Waals surface area (Å²) in [5.74, 6) is 0.518. The summed E-state index contributed by atoms with van der Waals surface area (Å²) in [5.41, 5.74) is 0. The Balaban J connectivity index is 2.78. The molecule has 0 bridgehead atoms. The van der Waals surface area contributed by atoms with Crippen LogP contribution in [0.2, 0.25) is 0 Å². The van der Waals surface area contributed by atoms with Crippen molar-refractivity contribution in [2.75, 3.05) is 0 Å². The number of hydrogen-bond acceptors (Lipinski definition) is 3. The van der Waals surface area contributed by atoms with E-state index in [1.807, 2.05) is 11.6 Å². The molecular formula is C7H6N2OS. The van der Waals surface area contributed by atoms with Gasteiger partial charge in [-0.2, -0.15) is 0 Å². The molecule has 4 heteroatoms. The first-order valence-corrected chi connectivity index (χ1v) is 4.08. The summed E-state index contributed by atoms with van der Waals surface area (Å²) in [5, 5.41) is 1.93. The zero-order valence-corrected chi connectivity index (χ0v) is 6.76. The molecule has 3 nitrogen and oxygen atoms in total. The minimum atomic E-state index is 0.00315. The predicted octanol–water partition coefficient (Wildman–Crippen LogP) is 1.60. The van der Waals surface area contributed by atoms with Gasteiger partial charge in [0.25, 0.3) is 0 Å². The van der Waals surface area contributed by atoms with Crippen molar-refractivity contribution in [2.24, 2.45) is 0 Å². The highest BCUT2D eigenvalue weighted by Crippen LogP contribution is 2.13. The molecule has 2 heterocycles. The van der Waals surface area contributed by atoms with Gasteiger partial charge in [0, 0.05) is 18.5 Å². The maximum Gasteiger partial charge on any atom is 0.195 e. The number of thiazole rings is 1.